The van der Waals surface area contributed by atoms with Gasteiger partial charge in [0, 0.05) is 17.7 Å². The molecule has 0 spiro atoms. The van der Waals surface area contributed by atoms with E-state index < -0.39 is 0 Å². The van der Waals surface area contributed by atoms with E-state index >= 15 is 0 Å². The maximum Gasteiger partial charge on any atom is 0.216 e. The molecule has 9 heteroatoms. The van der Waals surface area contributed by atoms with Gasteiger partial charge in [0.15, 0.2) is 5.82 Å². The van der Waals surface area contributed by atoms with Crippen LogP contribution in [0, 0.1) is 10.6 Å². The van der Waals surface area contributed by atoms with E-state index in [0.29, 0.717) is 34.2 Å². The molecule has 3 aromatic rings. The van der Waals surface area contributed by atoms with Gasteiger partial charge in [0.2, 0.25) is 4.77 Å². The van der Waals surface area contributed by atoms with Gasteiger partial charge in [-0.25, -0.2) is 9.49 Å². The Kier molecular flexibility index (Phi) is 5.51. The molecule has 1 aromatic heterocycles. The maximum absolute atomic E-state index is 13.2. The van der Waals surface area contributed by atoms with Crippen molar-refractivity contribution in [1.29, 1.82) is 0 Å². The Morgan fingerprint density at radius 1 is 1.07 bits per heavy atom. The van der Waals surface area contributed by atoms with Crippen LogP contribution in [0.5, 0.6) is 17.2 Å². The van der Waals surface area contributed by atoms with E-state index in [1.807, 2.05) is 0 Å². The number of aromatic amines is 1. The Morgan fingerprint density at radius 3 is 2.26 bits per heavy atom. The van der Waals surface area contributed by atoms with Crippen LogP contribution in [-0.4, -0.2) is 42.4 Å². The highest BCUT2D eigenvalue weighted by Gasteiger charge is 2.13. The molecule has 0 bridgehead atoms. The van der Waals surface area contributed by atoms with Crippen molar-refractivity contribution < 1.29 is 18.6 Å². The van der Waals surface area contributed by atoms with Crippen molar-refractivity contribution in [2.24, 2.45) is 5.10 Å². The van der Waals surface area contributed by atoms with Crippen LogP contribution in [0.25, 0.3) is 11.4 Å². The molecule has 0 unspecified atom stereocenters. The Bertz CT molecular complexity index is 1000. The van der Waals surface area contributed by atoms with Gasteiger partial charge in [0.05, 0.1) is 33.1 Å². The zero-order valence-electron chi connectivity index (χ0n) is 14.9. The van der Waals surface area contributed by atoms with Crippen LogP contribution in [-0.2, 0) is 0 Å². The molecule has 140 valence electrons. The SMILES string of the molecule is COc1cc(OC)c(/C=N/n2c(-c3ccc(F)cc3)n[nH]c2=S)c(OC)c1. The van der Waals surface area contributed by atoms with E-state index in [4.69, 9.17) is 26.4 Å². The number of benzene rings is 2. The lowest BCUT2D eigenvalue weighted by molar-refractivity contribution is 0.374. The van der Waals surface area contributed by atoms with Crippen molar-refractivity contribution in [3.8, 4) is 28.6 Å². The molecule has 0 aliphatic heterocycles. The van der Waals surface area contributed by atoms with Crippen LogP contribution in [0.15, 0.2) is 41.5 Å². The first-order valence-corrected chi connectivity index (χ1v) is 8.26. The van der Waals surface area contributed by atoms with Crippen molar-refractivity contribution in [3.63, 3.8) is 0 Å². The average molecular weight is 388 g/mol. The van der Waals surface area contributed by atoms with Crippen molar-refractivity contribution in [3.05, 3.63) is 52.5 Å². The second-order valence-corrected chi connectivity index (χ2v) is 5.75. The minimum Gasteiger partial charge on any atom is -0.496 e. The minimum atomic E-state index is -0.337. The van der Waals surface area contributed by atoms with Gasteiger partial charge < -0.3 is 14.2 Å². The molecule has 0 atom stereocenters. The Hall–Kier alpha value is -3.20. The van der Waals surface area contributed by atoms with Crippen LogP contribution < -0.4 is 14.2 Å². The highest BCUT2D eigenvalue weighted by molar-refractivity contribution is 7.71. The molecule has 7 nitrogen and oxygen atoms in total. The number of nitrogens with one attached hydrogen (secondary N) is 1. The number of nitrogens with zero attached hydrogens (tertiary/aromatic N) is 3. The standard InChI is InChI=1S/C18H17FN4O3S/c1-24-13-8-15(25-2)14(16(9-13)26-3)10-20-23-17(21-22-18(23)27)11-4-6-12(19)7-5-11/h4-10H,1-3H3,(H,22,27)/b20-10+. The fourth-order valence-electron chi connectivity index (χ4n) is 2.46. The number of hydrogen-bond donors (Lipinski definition) is 1. The molecule has 0 fully saturated rings. The molecule has 27 heavy (non-hydrogen) atoms. The van der Waals surface area contributed by atoms with Gasteiger partial charge in [-0.15, -0.1) is 0 Å². The van der Waals surface area contributed by atoms with E-state index in [9.17, 15) is 4.39 Å². The third-order valence-electron chi connectivity index (χ3n) is 3.81. The first-order valence-electron chi connectivity index (χ1n) is 7.85. The third kappa shape index (κ3) is 3.82. The van der Waals surface area contributed by atoms with Gasteiger partial charge in [0.25, 0.3) is 0 Å². The number of rotatable bonds is 6. The van der Waals surface area contributed by atoms with Gasteiger partial charge in [-0.3, -0.25) is 0 Å². The fourth-order valence-corrected chi connectivity index (χ4v) is 2.64. The van der Waals surface area contributed by atoms with Crippen LogP contribution in [0.4, 0.5) is 4.39 Å². The average Bonchev–Trinajstić information content (AvgIpc) is 3.06. The van der Waals surface area contributed by atoms with Crippen molar-refractivity contribution in [2.75, 3.05) is 21.3 Å². The summed E-state index contributed by atoms with van der Waals surface area (Å²) in [6.07, 6.45) is 1.55. The number of methoxy groups -OCH3 is 3. The van der Waals surface area contributed by atoms with Gasteiger partial charge >= 0.3 is 0 Å². The topological polar surface area (TPSA) is 73.7 Å². The predicted molar refractivity (Wildman–Crippen MR) is 102 cm³/mol. The molecule has 0 aliphatic carbocycles. The Balaban J connectivity index is 2.06. The summed E-state index contributed by atoms with van der Waals surface area (Å²) in [6, 6.07) is 9.33. The van der Waals surface area contributed by atoms with Gasteiger partial charge in [-0.1, -0.05) is 0 Å². The van der Waals surface area contributed by atoms with Crippen molar-refractivity contribution in [1.82, 2.24) is 14.9 Å². The van der Waals surface area contributed by atoms with E-state index in [0.717, 1.165) is 0 Å². The molecule has 0 saturated carbocycles. The van der Waals surface area contributed by atoms with Gasteiger partial charge in [0.1, 0.15) is 23.1 Å². The summed E-state index contributed by atoms with van der Waals surface area (Å²) in [5.74, 6) is 1.74. The number of halogens is 1. The molecular formula is C18H17FN4O3S. The summed E-state index contributed by atoms with van der Waals surface area (Å²) in [5, 5.41) is 11.3. The zero-order valence-corrected chi connectivity index (χ0v) is 15.7. The number of H-pyrrole nitrogens is 1. The monoisotopic (exact) mass is 388 g/mol. The first kappa shape index (κ1) is 18.6. The first-order chi connectivity index (χ1) is 13.1. The van der Waals surface area contributed by atoms with Crippen LogP contribution >= 0.6 is 12.2 Å². The van der Waals surface area contributed by atoms with E-state index in [1.165, 1.54) is 16.8 Å². The summed E-state index contributed by atoms with van der Waals surface area (Å²) in [7, 11) is 4.64. The summed E-state index contributed by atoms with van der Waals surface area (Å²) in [4.78, 5) is 0. The molecule has 0 aliphatic rings. The minimum absolute atomic E-state index is 0.289. The van der Waals surface area contributed by atoms with Gasteiger partial charge in [-0.2, -0.15) is 14.9 Å². The summed E-state index contributed by atoms with van der Waals surface area (Å²) >= 11 is 5.25. The quantitative estimate of drug-likeness (QED) is 0.515. The lowest BCUT2D eigenvalue weighted by Crippen LogP contribution is -2.00. The van der Waals surface area contributed by atoms with Crippen LogP contribution in [0.1, 0.15) is 5.56 Å². The van der Waals surface area contributed by atoms with E-state index in [2.05, 4.69) is 15.3 Å². The molecular weight excluding hydrogens is 371 g/mol. The van der Waals surface area contributed by atoms with E-state index in [-0.39, 0.29) is 10.6 Å². The van der Waals surface area contributed by atoms with Crippen LogP contribution in [0.3, 0.4) is 0 Å². The van der Waals surface area contributed by atoms with Crippen molar-refractivity contribution >= 4 is 18.4 Å². The molecule has 0 amide bonds. The molecule has 0 saturated heterocycles. The molecule has 2 aromatic carbocycles. The fraction of sp³-hybridized carbons (Fsp3) is 0.167. The number of aromatic nitrogens is 3. The highest BCUT2D eigenvalue weighted by Crippen LogP contribution is 2.32. The van der Waals surface area contributed by atoms with Gasteiger partial charge in [-0.05, 0) is 36.5 Å². The highest BCUT2D eigenvalue weighted by atomic mass is 32.1. The van der Waals surface area contributed by atoms with Crippen molar-refractivity contribution in [2.45, 2.75) is 0 Å². The Morgan fingerprint density at radius 2 is 1.70 bits per heavy atom. The lowest BCUT2D eigenvalue weighted by atomic mass is 10.2. The summed E-state index contributed by atoms with van der Waals surface area (Å²) < 4.78 is 31.0. The third-order valence-corrected chi connectivity index (χ3v) is 4.07. The second kappa shape index (κ2) is 8.00. The number of hydrogen-bond acceptors (Lipinski definition) is 6. The lowest BCUT2D eigenvalue weighted by Gasteiger charge is -2.12. The molecule has 3 rings (SSSR count). The normalized spacial score (nSPS) is 11.0. The molecule has 1 heterocycles. The number of ether oxygens (including phenoxy) is 3. The zero-order chi connectivity index (χ0) is 19.4. The second-order valence-electron chi connectivity index (χ2n) is 5.36. The van der Waals surface area contributed by atoms with Crippen LogP contribution in [0.2, 0.25) is 0 Å². The maximum atomic E-state index is 13.2. The van der Waals surface area contributed by atoms with E-state index in [1.54, 1.807) is 51.8 Å². The molecule has 1 N–H and O–H groups in total. The molecule has 0 radical (unpaired) electrons. The summed E-state index contributed by atoms with van der Waals surface area (Å²) in [5.41, 5.74) is 1.27. The largest absolute Gasteiger partial charge is 0.496 e. The predicted octanol–water partition coefficient (Wildman–Crippen LogP) is 3.65. The smallest absolute Gasteiger partial charge is 0.216 e. The summed E-state index contributed by atoms with van der Waals surface area (Å²) in [6.45, 7) is 0. The Labute approximate surface area is 160 Å².